The maximum Gasteiger partial charge on any atom is 0.255 e. The summed E-state index contributed by atoms with van der Waals surface area (Å²) in [6, 6.07) is 11.3. The van der Waals surface area contributed by atoms with Crippen LogP contribution in [-0.2, 0) is 4.79 Å². The quantitative estimate of drug-likeness (QED) is 0.862. The van der Waals surface area contributed by atoms with E-state index in [2.05, 4.69) is 0 Å². The van der Waals surface area contributed by atoms with Crippen molar-refractivity contribution in [2.24, 2.45) is 5.73 Å². The van der Waals surface area contributed by atoms with Crippen LogP contribution in [0.1, 0.15) is 18.6 Å². The molecule has 18 heavy (non-hydrogen) atoms. The summed E-state index contributed by atoms with van der Waals surface area (Å²) in [7, 11) is 0. The fourth-order valence-electron chi connectivity index (χ4n) is 1.89. The Morgan fingerprint density at radius 1 is 1.33 bits per heavy atom. The summed E-state index contributed by atoms with van der Waals surface area (Å²) in [6.07, 6.45) is -0.669. The average molecular weight is 245 g/mol. The Kier molecular flexibility index (Phi) is 3.48. The lowest BCUT2D eigenvalue weighted by Gasteiger charge is -2.15. The summed E-state index contributed by atoms with van der Waals surface area (Å²) in [5.74, 6) is -0.0265. The number of aliphatic hydroxyl groups excluding tert-OH is 1. The zero-order valence-electron chi connectivity index (χ0n) is 10.1. The number of primary amides is 1. The van der Waals surface area contributed by atoms with Gasteiger partial charge in [0.2, 0.25) is 0 Å². The number of hydrogen-bond donors (Lipinski definition) is 2. The number of fused-ring (bicyclic) bond motifs is 1. The van der Waals surface area contributed by atoms with Crippen LogP contribution in [0, 0.1) is 0 Å². The van der Waals surface area contributed by atoms with E-state index < -0.39 is 12.0 Å². The molecule has 4 heteroatoms. The van der Waals surface area contributed by atoms with E-state index in [9.17, 15) is 9.90 Å². The van der Waals surface area contributed by atoms with Crippen LogP contribution in [-0.4, -0.2) is 17.6 Å². The third-order valence-electron chi connectivity index (χ3n) is 2.72. The Labute approximate surface area is 105 Å². The van der Waals surface area contributed by atoms with Crippen molar-refractivity contribution >= 4 is 16.7 Å². The Hall–Kier alpha value is -2.07. The SMILES string of the molecule is CC(O)c1ccc2ccccc2c1OCC(N)=O. The molecule has 2 aromatic carbocycles. The van der Waals surface area contributed by atoms with E-state index in [0.29, 0.717) is 11.3 Å². The van der Waals surface area contributed by atoms with Crippen molar-refractivity contribution in [1.29, 1.82) is 0 Å². The van der Waals surface area contributed by atoms with Crippen LogP contribution in [0.3, 0.4) is 0 Å². The molecule has 0 aromatic heterocycles. The molecule has 94 valence electrons. The largest absolute Gasteiger partial charge is 0.483 e. The first-order valence-electron chi connectivity index (χ1n) is 5.70. The maximum atomic E-state index is 10.8. The van der Waals surface area contributed by atoms with Crippen molar-refractivity contribution in [3.8, 4) is 5.75 Å². The van der Waals surface area contributed by atoms with Gasteiger partial charge in [-0.05, 0) is 12.3 Å². The first kappa shape index (κ1) is 12.4. The molecule has 4 nitrogen and oxygen atoms in total. The topological polar surface area (TPSA) is 72.6 Å². The first-order chi connectivity index (χ1) is 8.59. The fraction of sp³-hybridized carbons (Fsp3) is 0.214. The second-order valence-corrected chi connectivity index (χ2v) is 4.14. The van der Waals surface area contributed by atoms with E-state index in [0.717, 1.165) is 10.8 Å². The van der Waals surface area contributed by atoms with Gasteiger partial charge >= 0.3 is 0 Å². The smallest absolute Gasteiger partial charge is 0.255 e. The van der Waals surface area contributed by atoms with Crippen molar-refractivity contribution in [1.82, 2.24) is 0 Å². The van der Waals surface area contributed by atoms with Gasteiger partial charge in [0.15, 0.2) is 6.61 Å². The van der Waals surface area contributed by atoms with E-state index >= 15 is 0 Å². The summed E-state index contributed by atoms with van der Waals surface area (Å²) < 4.78 is 5.44. The fourth-order valence-corrected chi connectivity index (χ4v) is 1.89. The Balaban J connectivity index is 2.55. The summed E-state index contributed by atoms with van der Waals surface area (Å²) in [4.78, 5) is 10.8. The van der Waals surface area contributed by atoms with Crippen LogP contribution in [0.5, 0.6) is 5.75 Å². The molecule has 0 fully saturated rings. The molecule has 2 aromatic rings. The predicted molar refractivity (Wildman–Crippen MR) is 69.3 cm³/mol. The molecule has 0 aliphatic carbocycles. The molecule has 1 atom stereocenters. The van der Waals surface area contributed by atoms with E-state index in [4.69, 9.17) is 10.5 Å². The number of ether oxygens (including phenoxy) is 1. The van der Waals surface area contributed by atoms with E-state index in [1.165, 1.54) is 0 Å². The molecular weight excluding hydrogens is 230 g/mol. The molecule has 0 saturated heterocycles. The molecule has 0 bridgehead atoms. The van der Waals surface area contributed by atoms with Gasteiger partial charge in [-0.1, -0.05) is 36.4 Å². The van der Waals surface area contributed by atoms with E-state index in [1.54, 1.807) is 13.0 Å². The van der Waals surface area contributed by atoms with Gasteiger partial charge in [0, 0.05) is 10.9 Å². The van der Waals surface area contributed by atoms with Crippen LogP contribution in [0.25, 0.3) is 10.8 Å². The van der Waals surface area contributed by atoms with Gasteiger partial charge in [0.25, 0.3) is 5.91 Å². The van der Waals surface area contributed by atoms with Gasteiger partial charge in [-0.15, -0.1) is 0 Å². The summed E-state index contributed by atoms with van der Waals surface area (Å²) in [5, 5.41) is 11.6. The number of amides is 1. The minimum Gasteiger partial charge on any atom is -0.483 e. The highest BCUT2D eigenvalue weighted by Crippen LogP contribution is 2.33. The van der Waals surface area contributed by atoms with Crippen molar-refractivity contribution in [2.45, 2.75) is 13.0 Å². The zero-order valence-corrected chi connectivity index (χ0v) is 10.1. The molecule has 0 heterocycles. The number of carbonyl (C=O) groups is 1. The van der Waals surface area contributed by atoms with Crippen LogP contribution < -0.4 is 10.5 Å². The van der Waals surface area contributed by atoms with E-state index in [1.807, 2.05) is 30.3 Å². The van der Waals surface area contributed by atoms with Gasteiger partial charge in [0.05, 0.1) is 6.10 Å². The van der Waals surface area contributed by atoms with Crippen LogP contribution >= 0.6 is 0 Å². The van der Waals surface area contributed by atoms with Gasteiger partial charge < -0.3 is 15.6 Å². The summed E-state index contributed by atoms with van der Waals surface area (Å²) in [6.45, 7) is 1.45. The van der Waals surface area contributed by atoms with E-state index in [-0.39, 0.29) is 6.61 Å². The molecule has 0 aliphatic heterocycles. The molecule has 2 rings (SSSR count). The summed E-state index contributed by atoms with van der Waals surface area (Å²) in [5.41, 5.74) is 5.73. The number of benzene rings is 2. The van der Waals surface area contributed by atoms with Crippen LogP contribution in [0.15, 0.2) is 36.4 Å². The van der Waals surface area contributed by atoms with Crippen molar-refractivity contribution in [2.75, 3.05) is 6.61 Å². The molecule has 0 radical (unpaired) electrons. The van der Waals surface area contributed by atoms with Crippen LogP contribution in [0.2, 0.25) is 0 Å². The highest BCUT2D eigenvalue weighted by atomic mass is 16.5. The third kappa shape index (κ3) is 2.43. The lowest BCUT2D eigenvalue weighted by Crippen LogP contribution is -2.20. The highest BCUT2D eigenvalue weighted by molar-refractivity contribution is 5.90. The zero-order chi connectivity index (χ0) is 13.1. The summed E-state index contributed by atoms with van der Waals surface area (Å²) >= 11 is 0. The number of hydrogen-bond acceptors (Lipinski definition) is 3. The predicted octanol–water partition coefficient (Wildman–Crippen LogP) is 1.76. The van der Waals surface area contributed by atoms with Gasteiger partial charge in [-0.2, -0.15) is 0 Å². The highest BCUT2D eigenvalue weighted by Gasteiger charge is 2.13. The number of aliphatic hydroxyl groups is 1. The molecule has 3 N–H and O–H groups in total. The molecular formula is C14H15NO3. The Morgan fingerprint density at radius 2 is 2.06 bits per heavy atom. The molecule has 1 amide bonds. The minimum atomic E-state index is -0.669. The van der Waals surface area contributed by atoms with Gasteiger partial charge in [-0.3, -0.25) is 4.79 Å². The average Bonchev–Trinajstić information content (AvgIpc) is 2.35. The lowest BCUT2D eigenvalue weighted by atomic mass is 10.0. The van der Waals surface area contributed by atoms with Crippen molar-refractivity contribution < 1.29 is 14.6 Å². The minimum absolute atomic E-state index is 0.201. The second-order valence-electron chi connectivity index (χ2n) is 4.14. The van der Waals surface area contributed by atoms with Crippen molar-refractivity contribution in [3.63, 3.8) is 0 Å². The van der Waals surface area contributed by atoms with Crippen LogP contribution in [0.4, 0.5) is 0 Å². The Morgan fingerprint density at radius 3 is 2.72 bits per heavy atom. The van der Waals surface area contributed by atoms with Gasteiger partial charge in [0.1, 0.15) is 5.75 Å². The molecule has 1 unspecified atom stereocenters. The maximum absolute atomic E-state index is 10.8. The number of rotatable bonds is 4. The van der Waals surface area contributed by atoms with Gasteiger partial charge in [-0.25, -0.2) is 0 Å². The molecule has 0 aliphatic rings. The Bertz CT molecular complexity index is 578. The standard InChI is InChI=1S/C14H15NO3/c1-9(16)11-7-6-10-4-2-3-5-12(10)14(11)18-8-13(15)17/h2-7,9,16H,8H2,1H3,(H2,15,17). The lowest BCUT2D eigenvalue weighted by molar-refractivity contribution is -0.119. The first-order valence-corrected chi connectivity index (χ1v) is 5.70. The monoisotopic (exact) mass is 245 g/mol. The van der Waals surface area contributed by atoms with Crippen molar-refractivity contribution in [3.05, 3.63) is 42.0 Å². The number of nitrogens with two attached hydrogens (primary N) is 1. The molecule has 0 spiro atoms. The third-order valence-corrected chi connectivity index (χ3v) is 2.72. The second kappa shape index (κ2) is 5.06. The normalized spacial score (nSPS) is 12.3. The molecule has 0 saturated carbocycles. The number of carbonyl (C=O) groups excluding carboxylic acids is 1.